The average Bonchev–Trinajstić information content (AvgIpc) is 2.48. The molecule has 1 aliphatic rings. The third-order valence-electron chi connectivity index (χ3n) is 4.02. The Balaban J connectivity index is 2.21. The molecule has 0 saturated carbocycles. The molecule has 2 rings (SSSR count). The van der Waals surface area contributed by atoms with Crippen LogP contribution in [0.4, 0.5) is 0 Å². The standard InChI is InChI=1S/C17H25N3O2/c1-13(21)18-15-10-7-11-20(12-15)16(17(22)19(2)3)14-8-5-4-6-9-14/h4-6,8-9,15-16H,7,10-12H2,1-3H3,(H,18,21)/t15-,16-/m0/s1. The Morgan fingerprint density at radius 2 is 1.95 bits per heavy atom. The highest BCUT2D eigenvalue weighted by atomic mass is 16.2. The van der Waals surface area contributed by atoms with Gasteiger partial charge in [0.1, 0.15) is 6.04 Å². The number of nitrogens with zero attached hydrogens (tertiary/aromatic N) is 2. The molecule has 1 heterocycles. The van der Waals surface area contributed by atoms with Gasteiger partial charge in [0.15, 0.2) is 0 Å². The largest absolute Gasteiger partial charge is 0.352 e. The summed E-state index contributed by atoms with van der Waals surface area (Å²) in [5.41, 5.74) is 1.00. The summed E-state index contributed by atoms with van der Waals surface area (Å²) in [6, 6.07) is 9.69. The van der Waals surface area contributed by atoms with Gasteiger partial charge >= 0.3 is 0 Å². The molecule has 0 aromatic heterocycles. The van der Waals surface area contributed by atoms with Crippen molar-refractivity contribution in [2.75, 3.05) is 27.2 Å². The molecule has 2 atom stereocenters. The summed E-state index contributed by atoms with van der Waals surface area (Å²) in [4.78, 5) is 27.8. The first-order valence-electron chi connectivity index (χ1n) is 7.76. The highest BCUT2D eigenvalue weighted by molar-refractivity contribution is 5.83. The van der Waals surface area contributed by atoms with E-state index in [0.717, 1.165) is 24.9 Å². The van der Waals surface area contributed by atoms with Crippen molar-refractivity contribution < 1.29 is 9.59 Å². The lowest BCUT2D eigenvalue weighted by molar-refractivity contribution is -0.135. The van der Waals surface area contributed by atoms with Gasteiger partial charge in [-0.05, 0) is 24.9 Å². The van der Waals surface area contributed by atoms with Crippen LogP contribution in [-0.4, -0.2) is 54.8 Å². The third-order valence-corrected chi connectivity index (χ3v) is 4.02. The van der Waals surface area contributed by atoms with Crippen molar-refractivity contribution in [3.05, 3.63) is 35.9 Å². The molecule has 120 valence electrons. The molecule has 1 saturated heterocycles. The van der Waals surface area contributed by atoms with Crippen molar-refractivity contribution in [2.45, 2.75) is 31.8 Å². The van der Waals surface area contributed by atoms with Crippen LogP contribution in [0, 0.1) is 0 Å². The number of likely N-dealkylation sites (tertiary alicyclic amines) is 1. The number of likely N-dealkylation sites (N-methyl/N-ethyl adjacent to an activating group) is 1. The molecule has 1 aromatic rings. The van der Waals surface area contributed by atoms with Crippen LogP contribution in [0.25, 0.3) is 0 Å². The second-order valence-corrected chi connectivity index (χ2v) is 6.08. The second-order valence-electron chi connectivity index (χ2n) is 6.08. The van der Waals surface area contributed by atoms with Gasteiger partial charge in [-0.2, -0.15) is 0 Å². The van der Waals surface area contributed by atoms with E-state index in [4.69, 9.17) is 0 Å². The Kier molecular flexibility index (Phi) is 5.55. The lowest BCUT2D eigenvalue weighted by atomic mass is 9.98. The first-order valence-corrected chi connectivity index (χ1v) is 7.76. The Morgan fingerprint density at radius 3 is 2.55 bits per heavy atom. The maximum Gasteiger partial charge on any atom is 0.244 e. The zero-order valence-corrected chi connectivity index (χ0v) is 13.6. The number of piperidine rings is 1. The number of nitrogens with one attached hydrogen (secondary N) is 1. The van der Waals surface area contributed by atoms with Gasteiger partial charge in [-0.1, -0.05) is 30.3 Å². The maximum atomic E-state index is 12.7. The molecule has 0 aliphatic carbocycles. The van der Waals surface area contributed by atoms with E-state index in [1.165, 1.54) is 0 Å². The van der Waals surface area contributed by atoms with E-state index >= 15 is 0 Å². The number of hydrogen-bond acceptors (Lipinski definition) is 3. The van der Waals surface area contributed by atoms with Crippen molar-refractivity contribution in [3.8, 4) is 0 Å². The van der Waals surface area contributed by atoms with Crippen molar-refractivity contribution in [3.63, 3.8) is 0 Å². The molecular formula is C17H25N3O2. The minimum Gasteiger partial charge on any atom is -0.352 e. The number of carbonyl (C=O) groups is 2. The summed E-state index contributed by atoms with van der Waals surface area (Å²) in [5.74, 6) is 0.0664. The van der Waals surface area contributed by atoms with Gasteiger partial charge in [0.2, 0.25) is 11.8 Å². The normalized spacial score (nSPS) is 20.2. The van der Waals surface area contributed by atoms with Gasteiger partial charge in [-0.25, -0.2) is 0 Å². The SMILES string of the molecule is CC(=O)N[C@H]1CCCN([C@H](C(=O)N(C)C)c2ccccc2)C1. The van der Waals surface area contributed by atoms with E-state index in [1.807, 2.05) is 30.3 Å². The predicted octanol–water partition coefficient (Wildman–Crippen LogP) is 1.42. The molecule has 22 heavy (non-hydrogen) atoms. The maximum absolute atomic E-state index is 12.7. The molecular weight excluding hydrogens is 278 g/mol. The zero-order valence-electron chi connectivity index (χ0n) is 13.6. The average molecular weight is 303 g/mol. The van der Waals surface area contributed by atoms with Crippen molar-refractivity contribution >= 4 is 11.8 Å². The molecule has 1 aromatic carbocycles. The molecule has 1 fully saturated rings. The lowest BCUT2D eigenvalue weighted by Crippen LogP contribution is -2.51. The van der Waals surface area contributed by atoms with Crippen molar-refractivity contribution in [1.82, 2.24) is 15.1 Å². The van der Waals surface area contributed by atoms with Crippen LogP contribution in [0.1, 0.15) is 31.4 Å². The summed E-state index contributed by atoms with van der Waals surface area (Å²) in [5, 5.41) is 2.98. The molecule has 5 heteroatoms. The topological polar surface area (TPSA) is 52.7 Å². The zero-order chi connectivity index (χ0) is 16.1. The molecule has 0 radical (unpaired) electrons. The van der Waals surface area contributed by atoms with Crippen LogP contribution in [0.2, 0.25) is 0 Å². The Morgan fingerprint density at radius 1 is 1.27 bits per heavy atom. The van der Waals surface area contributed by atoms with E-state index in [9.17, 15) is 9.59 Å². The monoisotopic (exact) mass is 303 g/mol. The van der Waals surface area contributed by atoms with Gasteiger partial charge in [0.05, 0.1) is 0 Å². The van der Waals surface area contributed by atoms with E-state index in [0.29, 0.717) is 6.54 Å². The smallest absolute Gasteiger partial charge is 0.244 e. The highest BCUT2D eigenvalue weighted by Gasteiger charge is 2.32. The minimum atomic E-state index is -0.284. The summed E-state index contributed by atoms with van der Waals surface area (Å²) < 4.78 is 0. The number of carbonyl (C=O) groups excluding carboxylic acids is 2. The van der Waals surface area contributed by atoms with Gasteiger partial charge in [-0.3, -0.25) is 14.5 Å². The summed E-state index contributed by atoms with van der Waals surface area (Å²) in [6.45, 7) is 3.12. The minimum absolute atomic E-state index is 0.0120. The first kappa shape index (κ1) is 16.5. The van der Waals surface area contributed by atoms with E-state index in [1.54, 1.807) is 25.9 Å². The fourth-order valence-electron chi connectivity index (χ4n) is 3.04. The molecule has 0 unspecified atom stereocenters. The summed E-state index contributed by atoms with van der Waals surface area (Å²) in [7, 11) is 3.57. The van der Waals surface area contributed by atoms with Crippen LogP contribution in [-0.2, 0) is 9.59 Å². The fraction of sp³-hybridized carbons (Fsp3) is 0.529. The van der Waals surface area contributed by atoms with Crippen LogP contribution < -0.4 is 5.32 Å². The highest BCUT2D eigenvalue weighted by Crippen LogP contribution is 2.26. The quantitative estimate of drug-likeness (QED) is 0.915. The first-order chi connectivity index (χ1) is 10.5. The molecule has 0 bridgehead atoms. The predicted molar refractivity (Wildman–Crippen MR) is 86.3 cm³/mol. The van der Waals surface area contributed by atoms with Gasteiger partial charge in [-0.15, -0.1) is 0 Å². The van der Waals surface area contributed by atoms with Gasteiger partial charge < -0.3 is 10.2 Å². The third kappa shape index (κ3) is 4.07. The van der Waals surface area contributed by atoms with Crippen LogP contribution in [0.3, 0.4) is 0 Å². The van der Waals surface area contributed by atoms with Crippen molar-refractivity contribution in [2.24, 2.45) is 0 Å². The van der Waals surface area contributed by atoms with Gasteiger partial charge in [0, 0.05) is 33.6 Å². The Hall–Kier alpha value is -1.88. The number of hydrogen-bond donors (Lipinski definition) is 1. The number of amides is 2. The molecule has 5 nitrogen and oxygen atoms in total. The van der Waals surface area contributed by atoms with E-state index in [2.05, 4.69) is 10.2 Å². The van der Waals surface area contributed by atoms with Gasteiger partial charge in [0.25, 0.3) is 0 Å². The van der Waals surface area contributed by atoms with Crippen LogP contribution in [0.5, 0.6) is 0 Å². The molecule has 2 amide bonds. The van der Waals surface area contributed by atoms with Crippen molar-refractivity contribution in [1.29, 1.82) is 0 Å². The van der Waals surface area contributed by atoms with E-state index in [-0.39, 0.29) is 23.9 Å². The molecule has 0 spiro atoms. The van der Waals surface area contributed by atoms with Crippen LogP contribution >= 0.6 is 0 Å². The fourth-order valence-corrected chi connectivity index (χ4v) is 3.04. The molecule has 1 N–H and O–H groups in total. The number of benzene rings is 1. The Labute approximate surface area is 132 Å². The van der Waals surface area contributed by atoms with E-state index < -0.39 is 0 Å². The Bertz CT molecular complexity index is 516. The lowest BCUT2D eigenvalue weighted by Gasteiger charge is -2.38. The van der Waals surface area contributed by atoms with Crippen LogP contribution in [0.15, 0.2) is 30.3 Å². The molecule has 1 aliphatic heterocycles. The summed E-state index contributed by atoms with van der Waals surface area (Å²) >= 11 is 0. The number of rotatable bonds is 4. The second kappa shape index (κ2) is 7.40. The summed E-state index contributed by atoms with van der Waals surface area (Å²) in [6.07, 6.45) is 1.95.